The zero-order chi connectivity index (χ0) is 15.8. The summed E-state index contributed by atoms with van der Waals surface area (Å²) in [5.74, 6) is -0.919. The molecule has 2 N–H and O–H groups in total. The molecule has 1 atom stereocenters. The lowest BCUT2D eigenvalue weighted by Crippen LogP contribution is -2.12. The van der Waals surface area contributed by atoms with E-state index in [2.05, 4.69) is 19.1 Å². The topological polar surface area (TPSA) is 57.5 Å². The van der Waals surface area contributed by atoms with Crippen molar-refractivity contribution in [3.63, 3.8) is 0 Å². The number of carboxylic acid groups (broad SMARTS) is 1. The first-order valence-corrected chi connectivity index (χ1v) is 8.71. The second kappa shape index (κ2) is 15.6. The summed E-state index contributed by atoms with van der Waals surface area (Å²) < 4.78 is 0. The molecule has 0 aromatic carbocycles. The second-order valence-corrected chi connectivity index (χ2v) is 5.92. The average Bonchev–Trinajstić information content (AvgIpc) is 2.43. The van der Waals surface area contributed by atoms with Gasteiger partial charge in [-0.05, 0) is 32.1 Å². The summed E-state index contributed by atoms with van der Waals surface area (Å²) in [5, 5.41) is 17.9. The lowest BCUT2D eigenvalue weighted by Gasteiger charge is -2.06. The van der Waals surface area contributed by atoms with E-state index in [0.717, 1.165) is 19.3 Å². The van der Waals surface area contributed by atoms with Crippen molar-refractivity contribution in [3.05, 3.63) is 12.2 Å². The van der Waals surface area contributed by atoms with Crippen LogP contribution < -0.4 is 0 Å². The molecule has 0 amide bonds. The van der Waals surface area contributed by atoms with Crippen molar-refractivity contribution >= 4 is 5.97 Å². The zero-order valence-electron chi connectivity index (χ0n) is 13.7. The smallest absolute Gasteiger partial charge is 0.305 e. The number of carboxylic acids is 1. The maximum absolute atomic E-state index is 10.4. The Bertz CT molecular complexity index is 261. The van der Waals surface area contributed by atoms with E-state index in [9.17, 15) is 9.90 Å². The standard InChI is InChI=1S/C18H34O3/c1-2-3-4-5-6-7-8-9-10-11-12-13-14-15-17(19)16-18(20)21/h10-11,17,19H,2-9,12-16H2,1H3,(H,20,21)/b11-10+. The number of aliphatic hydroxyl groups is 1. The van der Waals surface area contributed by atoms with E-state index in [1.54, 1.807) is 0 Å². The van der Waals surface area contributed by atoms with E-state index in [-0.39, 0.29) is 6.42 Å². The number of aliphatic hydroxyl groups excluding tert-OH is 1. The highest BCUT2D eigenvalue weighted by Crippen LogP contribution is 2.10. The van der Waals surface area contributed by atoms with Crippen LogP contribution in [-0.4, -0.2) is 22.3 Å². The molecule has 0 saturated heterocycles. The van der Waals surface area contributed by atoms with Crippen molar-refractivity contribution in [1.29, 1.82) is 0 Å². The van der Waals surface area contributed by atoms with Crippen LogP contribution in [0.1, 0.15) is 90.4 Å². The van der Waals surface area contributed by atoms with Crippen molar-refractivity contribution in [1.82, 2.24) is 0 Å². The lowest BCUT2D eigenvalue weighted by molar-refractivity contribution is -0.139. The van der Waals surface area contributed by atoms with Crippen LogP contribution in [0.5, 0.6) is 0 Å². The maximum Gasteiger partial charge on any atom is 0.305 e. The number of rotatable bonds is 15. The Morgan fingerprint density at radius 1 is 0.905 bits per heavy atom. The van der Waals surface area contributed by atoms with Gasteiger partial charge in [0.25, 0.3) is 0 Å². The highest BCUT2D eigenvalue weighted by molar-refractivity contribution is 5.67. The normalized spacial score (nSPS) is 12.9. The Morgan fingerprint density at radius 3 is 2.00 bits per heavy atom. The van der Waals surface area contributed by atoms with Gasteiger partial charge in [-0.15, -0.1) is 0 Å². The number of hydrogen-bond donors (Lipinski definition) is 2. The molecule has 0 aliphatic heterocycles. The minimum atomic E-state index is -0.919. The van der Waals surface area contributed by atoms with Crippen LogP contribution in [0.3, 0.4) is 0 Å². The molecule has 0 spiro atoms. The van der Waals surface area contributed by atoms with Gasteiger partial charge in [0.2, 0.25) is 0 Å². The third-order valence-corrected chi connectivity index (χ3v) is 3.71. The fourth-order valence-electron chi connectivity index (χ4n) is 2.40. The Kier molecular flexibility index (Phi) is 14.9. The Balaban J connectivity index is 3.20. The molecule has 0 rings (SSSR count). The summed E-state index contributed by atoms with van der Waals surface area (Å²) >= 11 is 0. The van der Waals surface area contributed by atoms with Crippen LogP contribution in [0.4, 0.5) is 0 Å². The Hall–Kier alpha value is -0.830. The van der Waals surface area contributed by atoms with Crippen molar-refractivity contribution in [2.24, 2.45) is 0 Å². The highest BCUT2D eigenvalue weighted by Gasteiger charge is 2.07. The molecular formula is C18H34O3. The molecular weight excluding hydrogens is 264 g/mol. The van der Waals surface area contributed by atoms with Gasteiger partial charge in [-0.1, -0.05) is 64.0 Å². The van der Waals surface area contributed by atoms with E-state index < -0.39 is 12.1 Å². The molecule has 124 valence electrons. The summed E-state index contributed by atoms with van der Waals surface area (Å²) in [6.07, 6.45) is 17.9. The van der Waals surface area contributed by atoms with Gasteiger partial charge in [0, 0.05) is 0 Å². The molecule has 0 heterocycles. The monoisotopic (exact) mass is 298 g/mol. The molecule has 0 aliphatic rings. The van der Waals surface area contributed by atoms with Crippen LogP contribution >= 0.6 is 0 Å². The fourth-order valence-corrected chi connectivity index (χ4v) is 2.40. The van der Waals surface area contributed by atoms with E-state index in [1.165, 1.54) is 51.4 Å². The molecule has 1 unspecified atom stereocenters. The van der Waals surface area contributed by atoms with Gasteiger partial charge in [0.15, 0.2) is 0 Å². The predicted molar refractivity (Wildman–Crippen MR) is 88.5 cm³/mol. The van der Waals surface area contributed by atoms with Crippen LogP contribution in [0, 0.1) is 0 Å². The van der Waals surface area contributed by atoms with Crippen molar-refractivity contribution < 1.29 is 15.0 Å². The summed E-state index contributed by atoms with van der Waals surface area (Å²) in [5.41, 5.74) is 0. The largest absolute Gasteiger partial charge is 0.481 e. The zero-order valence-corrected chi connectivity index (χ0v) is 13.7. The summed E-state index contributed by atoms with van der Waals surface area (Å²) in [4.78, 5) is 10.4. The highest BCUT2D eigenvalue weighted by atomic mass is 16.4. The summed E-state index contributed by atoms with van der Waals surface area (Å²) in [6, 6.07) is 0. The molecule has 3 heteroatoms. The van der Waals surface area contributed by atoms with Gasteiger partial charge >= 0.3 is 5.97 Å². The second-order valence-electron chi connectivity index (χ2n) is 5.92. The third-order valence-electron chi connectivity index (χ3n) is 3.71. The van der Waals surface area contributed by atoms with Crippen molar-refractivity contribution in [3.8, 4) is 0 Å². The summed E-state index contributed by atoms with van der Waals surface area (Å²) in [7, 11) is 0. The lowest BCUT2D eigenvalue weighted by atomic mass is 10.1. The third kappa shape index (κ3) is 17.1. The number of carbonyl (C=O) groups is 1. The quantitative estimate of drug-likeness (QED) is 0.327. The van der Waals surface area contributed by atoms with Gasteiger partial charge < -0.3 is 10.2 Å². The molecule has 0 aromatic rings. The van der Waals surface area contributed by atoms with Gasteiger partial charge in [-0.3, -0.25) is 4.79 Å². The van der Waals surface area contributed by atoms with Gasteiger partial charge in [0.05, 0.1) is 12.5 Å². The van der Waals surface area contributed by atoms with E-state index in [4.69, 9.17) is 5.11 Å². The SMILES string of the molecule is CCCCCCCCC/C=C/CCCCC(O)CC(=O)O. The van der Waals surface area contributed by atoms with Crippen LogP contribution in [0.15, 0.2) is 12.2 Å². The van der Waals surface area contributed by atoms with E-state index in [1.807, 2.05) is 0 Å². The predicted octanol–water partition coefficient (Wildman–Crippen LogP) is 5.08. The molecule has 3 nitrogen and oxygen atoms in total. The van der Waals surface area contributed by atoms with Crippen molar-refractivity contribution in [2.75, 3.05) is 0 Å². The molecule has 0 radical (unpaired) electrons. The number of aliphatic carboxylic acids is 1. The Labute approximate surface area is 130 Å². The van der Waals surface area contributed by atoms with Crippen LogP contribution in [0.25, 0.3) is 0 Å². The molecule has 21 heavy (non-hydrogen) atoms. The molecule has 0 bridgehead atoms. The molecule has 0 aromatic heterocycles. The van der Waals surface area contributed by atoms with Crippen molar-refractivity contribution in [2.45, 2.75) is 96.5 Å². The van der Waals surface area contributed by atoms with Gasteiger partial charge in [0.1, 0.15) is 0 Å². The minimum Gasteiger partial charge on any atom is -0.481 e. The molecule has 0 aliphatic carbocycles. The van der Waals surface area contributed by atoms with Crippen LogP contribution in [-0.2, 0) is 4.79 Å². The number of unbranched alkanes of at least 4 members (excludes halogenated alkanes) is 9. The molecule has 0 saturated carbocycles. The molecule has 0 fully saturated rings. The number of hydrogen-bond acceptors (Lipinski definition) is 2. The van der Waals surface area contributed by atoms with Gasteiger partial charge in [-0.25, -0.2) is 0 Å². The number of allylic oxidation sites excluding steroid dienone is 2. The fraction of sp³-hybridized carbons (Fsp3) is 0.833. The first-order valence-electron chi connectivity index (χ1n) is 8.71. The maximum atomic E-state index is 10.4. The average molecular weight is 298 g/mol. The van der Waals surface area contributed by atoms with E-state index in [0.29, 0.717) is 6.42 Å². The summed E-state index contributed by atoms with van der Waals surface area (Å²) in [6.45, 7) is 2.25. The Morgan fingerprint density at radius 2 is 1.43 bits per heavy atom. The van der Waals surface area contributed by atoms with Gasteiger partial charge in [-0.2, -0.15) is 0 Å². The first kappa shape index (κ1) is 20.2. The minimum absolute atomic E-state index is 0.131. The van der Waals surface area contributed by atoms with Crippen LogP contribution in [0.2, 0.25) is 0 Å². The first-order chi connectivity index (χ1) is 10.2. The van der Waals surface area contributed by atoms with E-state index >= 15 is 0 Å².